The molecule has 0 heterocycles. The van der Waals surface area contributed by atoms with Crippen LogP contribution in [0.2, 0.25) is 0 Å². The second-order valence-electron chi connectivity index (χ2n) is 1.87. The molecule has 0 unspecified atom stereocenters. The summed E-state index contributed by atoms with van der Waals surface area (Å²) in [5, 5.41) is 2.36. The van der Waals surface area contributed by atoms with Crippen molar-refractivity contribution < 1.29 is 5.32 Å². The van der Waals surface area contributed by atoms with E-state index in [9.17, 15) is 0 Å². The highest BCUT2D eigenvalue weighted by molar-refractivity contribution is 4.17. The average molecular weight is 102 g/mol. The first kappa shape index (κ1) is 6.96. The normalized spacial score (nSPS) is 9.43. The molecular weight excluding hydrogens is 86.1 g/mol. The van der Waals surface area contributed by atoms with Crippen molar-refractivity contribution in [3.8, 4) is 0 Å². The van der Waals surface area contributed by atoms with Crippen LogP contribution in [0.15, 0.2) is 0 Å². The van der Waals surface area contributed by atoms with Crippen LogP contribution in [-0.4, -0.2) is 13.1 Å². The lowest BCUT2D eigenvalue weighted by atomic mass is 10.4. The SMILES string of the molecule is CCC[NH2+]CCC. The molecule has 0 saturated heterocycles. The summed E-state index contributed by atoms with van der Waals surface area (Å²) < 4.78 is 0. The smallest absolute Gasteiger partial charge is 0.0752 e. The molecule has 0 aromatic rings. The molecule has 0 aliphatic heterocycles. The van der Waals surface area contributed by atoms with Crippen molar-refractivity contribution >= 4 is 0 Å². The second kappa shape index (κ2) is 5.96. The molecule has 2 N–H and O–H groups in total. The summed E-state index contributed by atoms with van der Waals surface area (Å²) in [6.07, 6.45) is 2.61. The van der Waals surface area contributed by atoms with E-state index in [-0.39, 0.29) is 0 Å². The standard InChI is InChI=1S/C6H15N/c1-3-5-7-6-4-2/h7H,3-6H2,1-2H3/p+1. The minimum Gasteiger partial charge on any atom is -0.346 e. The van der Waals surface area contributed by atoms with Gasteiger partial charge in [-0.3, -0.25) is 0 Å². The average Bonchev–Trinajstić information content (AvgIpc) is 1.69. The summed E-state index contributed by atoms with van der Waals surface area (Å²) in [7, 11) is 0. The molecule has 0 fully saturated rings. The van der Waals surface area contributed by atoms with E-state index in [1.54, 1.807) is 0 Å². The molecule has 0 rings (SSSR count). The van der Waals surface area contributed by atoms with E-state index in [0.717, 1.165) is 0 Å². The zero-order valence-electron chi connectivity index (χ0n) is 5.41. The minimum absolute atomic E-state index is 1.30. The van der Waals surface area contributed by atoms with E-state index in [1.165, 1.54) is 25.9 Å². The maximum atomic E-state index is 2.36. The number of nitrogens with two attached hydrogens (primary N) is 1. The van der Waals surface area contributed by atoms with Crippen molar-refractivity contribution in [1.82, 2.24) is 0 Å². The van der Waals surface area contributed by atoms with Crippen molar-refractivity contribution in [3.63, 3.8) is 0 Å². The zero-order chi connectivity index (χ0) is 5.54. The summed E-state index contributed by atoms with van der Waals surface area (Å²) in [5.74, 6) is 0. The topological polar surface area (TPSA) is 16.6 Å². The first-order valence-corrected chi connectivity index (χ1v) is 3.23. The lowest BCUT2D eigenvalue weighted by Gasteiger charge is -1.92. The summed E-state index contributed by atoms with van der Waals surface area (Å²) in [6, 6.07) is 0. The predicted molar refractivity (Wildman–Crippen MR) is 32.2 cm³/mol. The molecule has 0 radical (unpaired) electrons. The van der Waals surface area contributed by atoms with Crippen LogP contribution in [0.1, 0.15) is 26.7 Å². The Bertz CT molecular complexity index is 23.4. The maximum Gasteiger partial charge on any atom is 0.0752 e. The highest BCUT2D eigenvalue weighted by Crippen LogP contribution is 1.62. The third-order valence-electron chi connectivity index (χ3n) is 0.986. The van der Waals surface area contributed by atoms with Gasteiger partial charge in [-0.25, -0.2) is 0 Å². The zero-order valence-corrected chi connectivity index (χ0v) is 5.41. The van der Waals surface area contributed by atoms with Crippen molar-refractivity contribution in [3.05, 3.63) is 0 Å². The van der Waals surface area contributed by atoms with Gasteiger partial charge in [0.15, 0.2) is 0 Å². The van der Waals surface area contributed by atoms with Crippen molar-refractivity contribution in [2.24, 2.45) is 0 Å². The Morgan fingerprint density at radius 3 is 1.71 bits per heavy atom. The van der Waals surface area contributed by atoms with E-state index >= 15 is 0 Å². The molecule has 0 atom stereocenters. The first-order chi connectivity index (χ1) is 3.41. The Kier molecular flexibility index (Phi) is 5.93. The van der Waals surface area contributed by atoms with Gasteiger partial charge in [-0.2, -0.15) is 0 Å². The third kappa shape index (κ3) is 5.96. The van der Waals surface area contributed by atoms with Crippen molar-refractivity contribution in [1.29, 1.82) is 0 Å². The monoisotopic (exact) mass is 102 g/mol. The summed E-state index contributed by atoms with van der Waals surface area (Å²) >= 11 is 0. The van der Waals surface area contributed by atoms with Crippen LogP contribution in [0.3, 0.4) is 0 Å². The van der Waals surface area contributed by atoms with Crippen LogP contribution in [-0.2, 0) is 0 Å². The highest BCUT2D eigenvalue weighted by atomic mass is 14.8. The van der Waals surface area contributed by atoms with Crippen LogP contribution < -0.4 is 5.32 Å². The van der Waals surface area contributed by atoms with E-state index in [4.69, 9.17) is 0 Å². The van der Waals surface area contributed by atoms with Crippen LogP contribution in [0.4, 0.5) is 0 Å². The lowest BCUT2D eigenvalue weighted by Crippen LogP contribution is -2.84. The third-order valence-corrected chi connectivity index (χ3v) is 0.986. The summed E-state index contributed by atoms with van der Waals surface area (Å²) in [4.78, 5) is 0. The molecule has 44 valence electrons. The highest BCUT2D eigenvalue weighted by Gasteiger charge is 1.80. The van der Waals surface area contributed by atoms with Gasteiger partial charge >= 0.3 is 0 Å². The summed E-state index contributed by atoms with van der Waals surface area (Å²) in [6.45, 7) is 7.03. The van der Waals surface area contributed by atoms with E-state index < -0.39 is 0 Å². The molecule has 7 heavy (non-hydrogen) atoms. The number of quaternary nitrogens is 1. The van der Waals surface area contributed by atoms with Gasteiger partial charge in [0.2, 0.25) is 0 Å². The number of hydrogen-bond acceptors (Lipinski definition) is 0. The molecule has 1 nitrogen and oxygen atoms in total. The van der Waals surface area contributed by atoms with Gasteiger partial charge in [0.1, 0.15) is 0 Å². The molecule has 0 bridgehead atoms. The fourth-order valence-electron chi connectivity index (χ4n) is 0.553. The molecule has 0 spiro atoms. The fraction of sp³-hybridized carbons (Fsp3) is 1.00. The van der Waals surface area contributed by atoms with Gasteiger partial charge in [-0.15, -0.1) is 0 Å². The van der Waals surface area contributed by atoms with Gasteiger partial charge < -0.3 is 5.32 Å². The van der Waals surface area contributed by atoms with E-state index in [1.807, 2.05) is 0 Å². The number of rotatable bonds is 4. The Labute approximate surface area is 46.1 Å². The molecule has 1 heteroatoms. The van der Waals surface area contributed by atoms with Gasteiger partial charge in [0.25, 0.3) is 0 Å². The second-order valence-corrected chi connectivity index (χ2v) is 1.87. The van der Waals surface area contributed by atoms with E-state index in [2.05, 4.69) is 19.2 Å². The van der Waals surface area contributed by atoms with Gasteiger partial charge in [0, 0.05) is 0 Å². The number of hydrogen-bond donors (Lipinski definition) is 1. The molecule has 0 saturated carbocycles. The molecule has 0 aromatic carbocycles. The van der Waals surface area contributed by atoms with Gasteiger partial charge in [-0.1, -0.05) is 13.8 Å². The molecule has 0 aliphatic carbocycles. The Hall–Kier alpha value is -0.0400. The minimum atomic E-state index is 1.30. The lowest BCUT2D eigenvalue weighted by molar-refractivity contribution is -0.654. The van der Waals surface area contributed by atoms with Crippen LogP contribution in [0.25, 0.3) is 0 Å². The molecule has 0 amide bonds. The molecular formula is C6H16N+. The largest absolute Gasteiger partial charge is 0.346 e. The summed E-state index contributed by atoms with van der Waals surface area (Å²) in [5.41, 5.74) is 0. The Balaban J connectivity index is 2.45. The Morgan fingerprint density at radius 2 is 1.43 bits per heavy atom. The maximum absolute atomic E-state index is 2.36. The van der Waals surface area contributed by atoms with Gasteiger partial charge in [-0.05, 0) is 12.8 Å². The van der Waals surface area contributed by atoms with Gasteiger partial charge in [0.05, 0.1) is 13.1 Å². The first-order valence-electron chi connectivity index (χ1n) is 3.23. The van der Waals surface area contributed by atoms with Crippen LogP contribution >= 0.6 is 0 Å². The molecule has 0 aromatic heterocycles. The van der Waals surface area contributed by atoms with E-state index in [0.29, 0.717) is 0 Å². The quantitative estimate of drug-likeness (QED) is 0.494. The van der Waals surface area contributed by atoms with Crippen molar-refractivity contribution in [2.45, 2.75) is 26.7 Å². The fourth-order valence-corrected chi connectivity index (χ4v) is 0.553. The Morgan fingerprint density at radius 1 is 1.00 bits per heavy atom. The molecule has 0 aliphatic rings. The van der Waals surface area contributed by atoms with Crippen LogP contribution in [0.5, 0.6) is 0 Å². The van der Waals surface area contributed by atoms with Crippen LogP contribution in [0, 0.1) is 0 Å². The predicted octanol–water partition coefficient (Wildman–Crippen LogP) is 0.370. The van der Waals surface area contributed by atoms with Crippen molar-refractivity contribution in [2.75, 3.05) is 13.1 Å².